The normalized spacial score (nSPS) is 21.1. The highest BCUT2D eigenvalue weighted by molar-refractivity contribution is 5.76. The van der Waals surface area contributed by atoms with Crippen LogP contribution in [-0.4, -0.2) is 47.9 Å². The fourth-order valence-electron chi connectivity index (χ4n) is 1.77. The third kappa shape index (κ3) is 2.93. The van der Waals surface area contributed by atoms with Crippen LogP contribution in [0.4, 0.5) is 0 Å². The number of nitriles is 1. The summed E-state index contributed by atoms with van der Waals surface area (Å²) >= 11 is 0. The fraction of sp³-hybridized carbons (Fsp3) is 0.818. The number of hydrogen-bond acceptors (Lipinski definition) is 3. The number of amides is 1. The van der Waals surface area contributed by atoms with Crippen LogP contribution in [0.2, 0.25) is 0 Å². The monoisotopic (exact) mass is 209 g/mol. The summed E-state index contributed by atoms with van der Waals surface area (Å²) in [5, 5.41) is 8.43. The maximum atomic E-state index is 11.7. The Bertz CT molecular complexity index is 280. The summed E-state index contributed by atoms with van der Waals surface area (Å²) in [4.78, 5) is 15.8. The Morgan fingerprint density at radius 1 is 1.47 bits per heavy atom. The molecule has 15 heavy (non-hydrogen) atoms. The van der Waals surface area contributed by atoms with E-state index in [0.29, 0.717) is 12.8 Å². The van der Waals surface area contributed by atoms with Crippen LogP contribution in [-0.2, 0) is 4.79 Å². The second-order valence-electron chi connectivity index (χ2n) is 4.71. The van der Waals surface area contributed by atoms with Crippen LogP contribution in [0.3, 0.4) is 0 Å². The van der Waals surface area contributed by atoms with Crippen molar-refractivity contribution < 1.29 is 4.79 Å². The number of nitrogens with zero attached hydrogens (tertiary/aromatic N) is 3. The fourth-order valence-corrected chi connectivity index (χ4v) is 1.77. The van der Waals surface area contributed by atoms with E-state index in [0.717, 1.165) is 19.6 Å². The molecule has 1 aliphatic rings. The minimum Gasteiger partial charge on any atom is -0.340 e. The van der Waals surface area contributed by atoms with Crippen LogP contribution in [0, 0.1) is 11.3 Å². The molecule has 0 N–H and O–H groups in total. The highest BCUT2D eigenvalue weighted by Gasteiger charge is 2.32. The first-order valence-corrected chi connectivity index (χ1v) is 5.33. The van der Waals surface area contributed by atoms with Gasteiger partial charge in [0.1, 0.15) is 0 Å². The first-order chi connectivity index (χ1) is 6.97. The molecule has 0 unspecified atom stereocenters. The van der Waals surface area contributed by atoms with Crippen molar-refractivity contribution in [1.29, 1.82) is 5.26 Å². The summed E-state index contributed by atoms with van der Waals surface area (Å²) in [5.74, 6) is 0.109. The Balaban J connectivity index is 2.52. The highest BCUT2D eigenvalue weighted by Crippen LogP contribution is 2.19. The number of carbonyl (C=O) groups excluding carboxylic acids is 1. The van der Waals surface area contributed by atoms with Crippen LogP contribution in [0.5, 0.6) is 0 Å². The lowest BCUT2D eigenvalue weighted by molar-refractivity contribution is -0.135. The summed E-state index contributed by atoms with van der Waals surface area (Å²) in [7, 11) is 2.08. The van der Waals surface area contributed by atoms with E-state index in [4.69, 9.17) is 5.26 Å². The molecule has 0 aromatic rings. The van der Waals surface area contributed by atoms with Gasteiger partial charge in [0, 0.05) is 38.0 Å². The predicted molar refractivity (Wildman–Crippen MR) is 58.1 cm³/mol. The smallest absolute Gasteiger partial charge is 0.223 e. The van der Waals surface area contributed by atoms with Gasteiger partial charge >= 0.3 is 0 Å². The van der Waals surface area contributed by atoms with Crippen LogP contribution >= 0.6 is 0 Å². The van der Waals surface area contributed by atoms with Crippen LogP contribution in [0.15, 0.2) is 0 Å². The average Bonchev–Trinajstić information content (AvgIpc) is 2.18. The topological polar surface area (TPSA) is 47.3 Å². The standard InChI is InChI=1S/C11H19N3O/c1-11(2)9-14(8-7-13(11)3)10(15)5-4-6-12/h4-5,7-9H2,1-3H3. The van der Waals surface area contributed by atoms with Gasteiger partial charge in [-0.05, 0) is 20.9 Å². The van der Waals surface area contributed by atoms with Crippen molar-refractivity contribution in [3.8, 4) is 6.07 Å². The van der Waals surface area contributed by atoms with Gasteiger partial charge in [-0.15, -0.1) is 0 Å². The minimum atomic E-state index is 0.0422. The predicted octanol–water partition coefficient (Wildman–Crippen LogP) is 0.843. The van der Waals surface area contributed by atoms with Gasteiger partial charge in [-0.3, -0.25) is 9.69 Å². The van der Waals surface area contributed by atoms with Gasteiger partial charge in [0.2, 0.25) is 5.91 Å². The molecular weight excluding hydrogens is 190 g/mol. The van der Waals surface area contributed by atoms with Gasteiger partial charge in [0.05, 0.1) is 6.07 Å². The SMILES string of the molecule is CN1CCN(C(=O)CCC#N)CC1(C)C. The van der Waals surface area contributed by atoms with Gasteiger partial charge in [0.15, 0.2) is 0 Å². The summed E-state index contributed by atoms with van der Waals surface area (Å²) in [6.07, 6.45) is 0.682. The number of rotatable bonds is 2. The van der Waals surface area contributed by atoms with Gasteiger partial charge in [-0.25, -0.2) is 0 Å². The molecule has 0 spiro atoms. The Morgan fingerprint density at radius 3 is 2.67 bits per heavy atom. The molecule has 0 atom stereocenters. The lowest BCUT2D eigenvalue weighted by Crippen LogP contribution is -2.58. The molecule has 1 amide bonds. The van der Waals surface area contributed by atoms with E-state index in [1.807, 2.05) is 11.0 Å². The third-order valence-corrected chi connectivity index (χ3v) is 3.12. The summed E-state index contributed by atoms with van der Waals surface area (Å²) in [6, 6.07) is 2.01. The molecule has 0 aromatic heterocycles. The van der Waals surface area contributed by atoms with E-state index in [1.165, 1.54) is 0 Å². The molecule has 1 saturated heterocycles. The molecule has 0 bridgehead atoms. The molecule has 4 heteroatoms. The first kappa shape index (κ1) is 12.0. The Labute approximate surface area is 91.5 Å². The quantitative estimate of drug-likeness (QED) is 0.677. The van der Waals surface area contributed by atoms with Crippen molar-refractivity contribution in [2.45, 2.75) is 32.2 Å². The molecule has 84 valence electrons. The molecule has 1 rings (SSSR count). The van der Waals surface area contributed by atoms with E-state index in [9.17, 15) is 4.79 Å². The van der Waals surface area contributed by atoms with Crippen molar-refractivity contribution in [1.82, 2.24) is 9.80 Å². The van der Waals surface area contributed by atoms with Crippen LogP contribution in [0.25, 0.3) is 0 Å². The summed E-state index contributed by atoms with van der Waals surface area (Å²) in [5.41, 5.74) is 0.0422. The van der Waals surface area contributed by atoms with E-state index < -0.39 is 0 Å². The van der Waals surface area contributed by atoms with Crippen molar-refractivity contribution >= 4 is 5.91 Å². The zero-order valence-electron chi connectivity index (χ0n) is 9.79. The molecule has 1 aliphatic heterocycles. The summed E-state index contributed by atoms with van der Waals surface area (Å²) < 4.78 is 0. The van der Waals surface area contributed by atoms with E-state index in [-0.39, 0.29) is 11.4 Å². The van der Waals surface area contributed by atoms with Crippen molar-refractivity contribution in [3.63, 3.8) is 0 Å². The van der Waals surface area contributed by atoms with Gasteiger partial charge in [0.25, 0.3) is 0 Å². The minimum absolute atomic E-state index is 0.0422. The van der Waals surface area contributed by atoms with E-state index >= 15 is 0 Å². The number of piperazine rings is 1. The largest absolute Gasteiger partial charge is 0.340 e. The Hall–Kier alpha value is -1.08. The lowest BCUT2D eigenvalue weighted by Gasteiger charge is -2.45. The maximum Gasteiger partial charge on any atom is 0.223 e. The Morgan fingerprint density at radius 2 is 2.13 bits per heavy atom. The van der Waals surface area contributed by atoms with Crippen LogP contribution in [0.1, 0.15) is 26.7 Å². The van der Waals surface area contributed by atoms with Gasteiger partial charge in [-0.2, -0.15) is 5.26 Å². The van der Waals surface area contributed by atoms with E-state index in [2.05, 4.69) is 25.8 Å². The highest BCUT2D eigenvalue weighted by atomic mass is 16.2. The lowest BCUT2D eigenvalue weighted by atomic mass is 9.99. The molecule has 0 aromatic carbocycles. The summed E-state index contributed by atoms with van der Waals surface area (Å²) in [6.45, 7) is 6.72. The molecule has 0 radical (unpaired) electrons. The molecule has 0 saturated carbocycles. The van der Waals surface area contributed by atoms with E-state index in [1.54, 1.807) is 0 Å². The molecule has 0 aliphatic carbocycles. The third-order valence-electron chi connectivity index (χ3n) is 3.12. The molecular formula is C11H19N3O. The molecule has 1 fully saturated rings. The zero-order valence-corrected chi connectivity index (χ0v) is 9.79. The maximum absolute atomic E-state index is 11.7. The van der Waals surface area contributed by atoms with Crippen molar-refractivity contribution in [3.05, 3.63) is 0 Å². The number of carbonyl (C=O) groups is 1. The molecule has 4 nitrogen and oxygen atoms in total. The van der Waals surface area contributed by atoms with Gasteiger partial charge in [-0.1, -0.05) is 0 Å². The number of hydrogen-bond donors (Lipinski definition) is 0. The van der Waals surface area contributed by atoms with Crippen molar-refractivity contribution in [2.24, 2.45) is 0 Å². The van der Waals surface area contributed by atoms with Crippen molar-refractivity contribution in [2.75, 3.05) is 26.7 Å². The number of likely N-dealkylation sites (N-methyl/N-ethyl adjacent to an activating group) is 1. The molecule has 1 heterocycles. The second kappa shape index (κ2) is 4.63. The average molecular weight is 209 g/mol. The van der Waals surface area contributed by atoms with Crippen LogP contribution < -0.4 is 0 Å². The first-order valence-electron chi connectivity index (χ1n) is 5.33. The van der Waals surface area contributed by atoms with Gasteiger partial charge < -0.3 is 4.90 Å². The second-order valence-corrected chi connectivity index (χ2v) is 4.71. The Kier molecular flexibility index (Phi) is 3.70. The zero-order chi connectivity index (χ0) is 11.5.